The number of para-hydroxylation sites is 5. The van der Waals surface area contributed by atoms with E-state index >= 15 is 0 Å². The lowest BCUT2D eigenvalue weighted by atomic mass is 10.1. The number of nitrogens with two attached hydrogens (primary N) is 1. The molecule has 0 bridgehead atoms. The van der Waals surface area contributed by atoms with Gasteiger partial charge in [-0.15, -0.1) is 0 Å². The van der Waals surface area contributed by atoms with Crippen LogP contribution in [-0.2, 0) is 14.2 Å². The Labute approximate surface area is 742 Å². The molecular formula is C97H101ClFN15O13. The van der Waals surface area contributed by atoms with E-state index in [2.05, 4.69) is 55.5 Å². The number of ether oxygens (including phenoxy) is 7. The van der Waals surface area contributed by atoms with Gasteiger partial charge in [0.1, 0.15) is 96.4 Å². The van der Waals surface area contributed by atoms with Gasteiger partial charge < -0.3 is 54.6 Å². The number of anilines is 5. The summed E-state index contributed by atoms with van der Waals surface area (Å²) in [7, 11) is 0. The third kappa shape index (κ3) is 29.4. The van der Waals surface area contributed by atoms with E-state index in [1.165, 1.54) is 64.9 Å². The standard InChI is InChI=1S/2C23H25N5O3.C14H15NO.C14H12O2.C9H11ClN4O2.C8H7FO.C6H6O/c2*1-15(2)20-13-30-23(29)28(20)22-25-14-24-21(27-22)26-16(3)17-9-11-19(12-10-17)31-18-7-5-4-6-8-18;2*1-11(15)12-7-9-14(10-8-12)16-13-5-3-2-4-6-13;1-5(2)6-3-16-9(15)14(6)8-12-4-11-7(10)13-8;1-6(10)7-2-4-8(9)5-3-7;7-6-4-2-1-3-5-6/h2*4-12,14-16,20H,13H2,1-3H3,(H,24,25,26,27);2-11H,15H2,1H3;2-10H,1H3;4-6H,3H2,1-2H3;2-5H,1H3;1-5,7H/t16-,20+;16-,20-;;;6-;;/m01..1../s1. The van der Waals surface area contributed by atoms with Crippen LogP contribution in [0.3, 0.4) is 0 Å². The van der Waals surface area contributed by atoms with Gasteiger partial charge in [-0.25, -0.2) is 63.4 Å². The number of rotatable bonds is 23. The Morgan fingerprint density at radius 2 is 0.654 bits per heavy atom. The van der Waals surface area contributed by atoms with Crippen LogP contribution in [0.25, 0.3) is 0 Å². The molecule has 6 heterocycles. The summed E-state index contributed by atoms with van der Waals surface area (Å²) < 4.78 is 50.6. The number of carbonyl (C=O) groups excluding carboxylic acids is 5. The summed E-state index contributed by atoms with van der Waals surface area (Å²) in [6.07, 6.45) is 2.76. The van der Waals surface area contributed by atoms with Crippen molar-refractivity contribution in [1.82, 2.24) is 44.9 Å². The van der Waals surface area contributed by atoms with E-state index in [9.17, 15) is 28.4 Å². The van der Waals surface area contributed by atoms with Gasteiger partial charge in [-0.2, -0.15) is 15.0 Å². The average molecular weight is 1740 g/mol. The Kier molecular flexibility index (Phi) is 35.5. The first kappa shape index (κ1) is 94.4. The average Bonchev–Trinajstić information content (AvgIpc) is 1.47. The number of aromatic nitrogens is 9. The summed E-state index contributed by atoms with van der Waals surface area (Å²) in [6, 6.07) is 83.1. The molecule has 127 heavy (non-hydrogen) atoms. The normalized spacial score (nSPS) is 14.8. The fourth-order valence-electron chi connectivity index (χ4n) is 12.2. The zero-order valence-electron chi connectivity index (χ0n) is 72.1. The molecule has 0 aliphatic carbocycles. The second kappa shape index (κ2) is 47.7. The van der Waals surface area contributed by atoms with Gasteiger partial charge in [-0.3, -0.25) is 9.59 Å². The van der Waals surface area contributed by atoms with Gasteiger partial charge in [0, 0.05) is 17.2 Å². The Morgan fingerprint density at radius 3 is 0.929 bits per heavy atom. The van der Waals surface area contributed by atoms with Gasteiger partial charge in [0.05, 0.1) is 30.2 Å². The van der Waals surface area contributed by atoms with Crippen molar-refractivity contribution in [1.29, 1.82) is 0 Å². The highest BCUT2D eigenvalue weighted by atomic mass is 35.5. The number of hydrogen-bond acceptors (Lipinski definition) is 25. The van der Waals surface area contributed by atoms with Crippen molar-refractivity contribution in [3.63, 3.8) is 0 Å². The first-order chi connectivity index (χ1) is 61.2. The molecule has 656 valence electrons. The van der Waals surface area contributed by atoms with Crippen LogP contribution in [0.15, 0.2) is 292 Å². The number of carbonyl (C=O) groups is 5. The number of nitrogens with one attached hydrogen (secondary N) is 2. The minimum absolute atomic E-state index is 0.0417. The van der Waals surface area contributed by atoms with Crippen LogP contribution in [0.1, 0.15) is 132 Å². The fraction of sp³-hybridized carbons (Fsp3) is 0.237. The number of phenolic OH excluding ortho intramolecular Hbond substituents is 1. The van der Waals surface area contributed by atoms with Gasteiger partial charge in [-0.05, 0) is 226 Å². The molecule has 1 unspecified atom stereocenters. The van der Waals surface area contributed by atoms with Gasteiger partial charge in [0.2, 0.25) is 35.0 Å². The first-order valence-electron chi connectivity index (χ1n) is 40.9. The number of Topliss-reactive ketones (excluding diaryl/α,β-unsaturated/α-hetero) is 2. The van der Waals surface area contributed by atoms with E-state index in [-0.39, 0.29) is 94.5 Å². The summed E-state index contributed by atoms with van der Waals surface area (Å²) in [6.45, 7) is 22.1. The summed E-state index contributed by atoms with van der Waals surface area (Å²) >= 11 is 5.66. The number of phenols is 1. The van der Waals surface area contributed by atoms with E-state index in [1.807, 2.05) is 263 Å². The van der Waals surface area contributed by atoms with E-state index < -0.39 is 18.3 Å². The number of hydrogen-bond donors (Lipinski definition) is 4. The lowest BCUT2D eigenvalue weighted by Gasteiger charge is -2.22. The molecule has 0 saturated carbocycles. The SMILES string of the molecule is CC(=O)c1ccc(F)cc1.CC(=O)c1ccc(Oc2ccccc2)cc1.CC(C)[C@H]1COC(=O)N1c1ncnc(Cl)n1.CC(C)[C@H]1COC(=O)N1c1ncnc(N[C@@H](C)c2ccc(Oc3ccccc3)cc2)n1.CC(C)[C@H]1COC(=O)N1c1ncnc(N[C@H](C)c2ccc(Oc3ccccc3)cc2)n1.CC(N)c1ccc(Oc2ccccc2)cc1.Oc1ccccc1. The van der Waals surface area contributed by atoms with Gasteiger partial charge in [0.15, 0.2) is 11.6 Å². The summed E-state index contributed by atoms with van der Waals surface area (Å²) in [5, 5.41) is 15.2. The molecule has 0 radical (unpaired) electrons. The largest absolute Gasteiger partial charge is 0.508 e. The smallest absolute Gasteiger partial charge is 0.417 e. The van der Waals surface area contributed by atoms with E-state index in [0.717, 1.165) is 62.7 Å². The maximum Gasteiger partial charge on any atom is 0.417 e. The van der Waals surface area contributed by atoms with Crippen molar-refractivity contribution in [2.24, 2.45) is 23.5 Å². The van der Waals surface area contributed by atoms with Crippen LogP contribution < -0.4 is 50.0 Å². The topological polar surface area (TPSA) is 346 Å². The molecule has 3 amide bonds. The van der Waals surface area contributed by atoms with Crippen LogP contribution in [-0.4, -0.2) is 118 Å². The number of ketones is 2. The molecule has 13 aromatic rings. The molecular weight excluding hydrogens is 1640 g/mol. The molecule has 3 aliphatic heterocycles. The zero-order valence-corrected chi connectivity index (χ0v) is 72.8. The fourth-order valence-corrected chi connectivity index (χ4v) is 12.3. The second-order valence-corrected chi connectivity index (χ2v) is 30.3. The maximum atomic E-state index is 12.2. The molecule has 30 heteroatoms. The van der Waals surface area contributed by atoms with Crippen molar-refractivity contribution >= 4 is 71.2 Å². The quantitative estimate of drug-likeness (QED) is 0.0341. The number of cyclic esters (lactones) is 3. The van der Waals surface area contributed by atoms with E-state index in [0.29, 0.717) is 48.6 Å². The summed E-state index contributed by atoms with van der Waals surface area (Å²) in [5.74, 6) is 8.61. The Bertz CT molecular complexity index is 5420. The van der Waals surface area contributed by atoms with Crippen LogP contribution in [0, 0.1) is 23.6 Å². The molecule has 6 atom stereocenters. The maximum absolute atomic E-state index is 12.2. The number of halogens is 2. The van der Waals surface area contributed by atoms with Crippen LogP contribution >= 0.6 is 11.6 Å². The van der Waals surface area contributed by atoms with Crippen molar-refractivity contribution in [3.05, 3.63) is 331 Å². The van der Waals surface area contributed by atoms with E-state index in [4.69, 9.17) is 55.6 Å². The molecule has 3 fully saturated rings. The first-order valence-corrected chi connectivity index (χ1v) is 41.3. The minimum atomic E-state index is -0.444. The molecule has 3 saturated heterocycles. The van der Waals surface area contributed by atoms with Gasteiger partial charge in [-0.1, -0.05) is 169 Å². The Balaban J connectivity index is 0.000000162. The van der Waals surface area contributed by atoms with E-state index in [1.54, 1.807) is 55.5 Å². The highest BCUT2D eigenvalue weighted by molar-refractivity contribution is 6.28. The molecule has 16 rings (SSSR count). The number of aromatic hydroxyl groups is 1. The molecule has 28 nitrogen and oxygen atoms in total. The van der Waals surface area contributed by atoms with Crippen molar-refractivity contribution in [3.8, 4) is 51.7 Å². The Hall–Kier alpha value is -14.8. The number of nitrogens with zero attached hydrogens (tertiary/aromatic N) is 12. The summed E-state index contributed by atoms with van der Waals surface area (Å²) in [4.78, 5) is 99.2. The molecule has 0 spiro atoms. The van der Waals surface area contributed by atoms with Crippen molar-refractivity contribution < 1.29 is 66.6 Å². The number of amides is 3. The third-order valence-electron chi connectivity index (χ3n) is 19.4. The molecule has 10 aromatic carbocycles. The number of benzene rings is 10. The monoisotopic (exact) mass is 1740 g/mol. The van der Waals surface area contributed by atoms with Crippen LogP contribution in [0.5, 0.6) is 51.7 Å². The molecule has 3 aliphatic rings. The zero-order chi connectivity index (χ0) is 90.7. The molecule has 5 N–H and O–H groups in total. The van der Waals surface area contributed by atoms with Gasteiger partial charge >= 0.3 is 18.3 Å². The van der Waals surface area contributed by atoms with Gasteiger partial charge in [0.25, 0.3) is 0 Å². The predicted molar refractivity (Wildman–Crippen MR) is 485 cm³/mol. The molecule has 3 aromatic heterocycles. The lowest BCUT2D eigenvalue weighted by Crippen LogP contribution is -2.38. The predicted octanol–water partition coefficient (Wildman–Crippen LogP) is 21.7. The lowest BCUT2D eigenvalue weighted by molar-refractivity contribution is 0.100. The van der Waals surface area contributed by atoms with Crippen LogP contribution in [0.4, 0.5) is 48.5 Å². The Morgan fingerprint density at radius 1 is 0.386 bits per heavy atom. The highest BCUT2D eigenvalue weighted by Gasteiger charge is 2.41. The summed E-state index contributed by atoms with van der Waals surface area (Å²) in [5.41, 5.74) is 10.2. The highest BCUT2D eigenvalue weighted by Crippen LogP contribution is 2.32. The third-order valence-corrected chi connectivity index (χ3v) is 19.5. The second-order valence-electron chi connectivity index (χ2n) is 29.9. The van der Waals surface area contributed by atoms with Crippen molar-refractivity contribution in [2.75, 3.05) is 45.2 Å². The van der Waals surface area contributed by atoms with Crippen LogP contribution in [0.2, 0.25) is 5.28 Å². The van der Waals surface area contributed by atoms with Crippen molar-refractivity contribution in [2.45, 2.75) is 112 Å². The minimum Gasteiger partial charge on any atom is -0.508 e.